The Bertz CT molecular complexity index is 862. The Morgan fingerprint density at radius 2 is 1.93 bits per heavy atom. The van der Waals surface area contributed by atoms with Gasteiger partial charge in [0.25, 0.3) is 0 Å². The molecule has 0 N–H and O–H groups in total. The summed E-state index contributed by atoms with van der Waals surface area (Å²) in [4.78, 5) is 21.1. The van der Waals surface area contributed by atoms with Gasteiger partial charge in [-0.2, -0.15) is 5.10 Å². The smallest absolute Gasteiger partial charge is 0.237 e. The number of carbonyl (C=O) groups excluding carboxylic acids is 1. The molecule has 2 aliphatic heterocycles. The number of rotatable bonds is 5. The number of aromatic nitrogens is 3. The molecule has 0 aliphatic carbocycles. The first-order chi connectivity index (χ1) is 13.6. The van der Waals surface area contributed by atoms with Crippen molar-refractivity contribution in [2.45, 2.75) is 6.42 Å². The van der Waals surface area contributed by atoms with Crippen molar-refractivity contribution >= 4 is 23.4 Å². The van der Waals surface area contributed by atoms with Gasteiger partial charge in [-0.15, -0.1) is 0 Å². The number of nitrogens with zero attached hydrogens (tertiary/aromatic N) is 6. The Hall–Kier alpha value is -2.16. The van der Waals surface area contributed by atoms with Gasteiger partial charge in [-0.3, -0.25) is 14.4 Å². The maximum Gasteiger partial charge on any atom is 0.237 e. The molecule has 0 unspecified atom stereocenters. The number of benzene rings is 1. The Balaban J connectivity index is 1.34. The van der Waals surface area contributed by atoms with E-state index in [0.29, 0.717) is 13.1 Å². The molecule has 0 spiro atoms. The molecule has 1 saturated heterocycles. The molecule has 28 heavy (non-hydrogen) atoms. The third kappa shape index (κ3) is 4.29. The number of hydrogen-bond donors (Lipinski definition) is 0. The van der Waals surface area contributed by atoms with Crippen molar-refractivity contribution in [3.05, 3.63) is 42.2 Å². The second-order valence-electron chi connectivity index (χ2n) is 7.22. The van der Waals surface area contributed by atoms with E-state index in [1.165, 1.54) is 11.1 Å². The highest BCUT2D eigenvalue weighted by molar-refractivity contribution is 7.96. The predicted octanol–water partition coefficient (Wildman–Crippen LogP) is 1.95. The van der Waals surface area contributed by atoms with Crippen LogP contribution in [-0.2, 0) is 11.8 Å². The van der Waals surface area contributed by atoms with Gasteiger partial charge in [0, 0.05) is 38.8 Å². The lowest BCUT2D eigenvalue weighted by Gasteiger charge is -2.28. The van der Waals surface area contributed by atoms with Crippen LogP contribution >= 0.6 is 11.9 Å². The van der Waals surface area contributed by atoms with E-state index in [0.717, 1.165) is 44.1 Å². The van der Waals surface area contributed by atoms with Crippen LogP contribution in [0.3, 0.4) is 0 Å². The van der Waals surface area contributed by atoms with Gasteiger partial charge >= 0.3 is 0 Å². The number of amides is 1. The van der Waals surface area contributed by atoms with Crippen molar-refractivity contribution in [3.8, 4) is 11.4 Å². The van der Waals surface area contributed by atoms with Crippen LogP contribution in [0, 0.1) is 0 Å². The lowest BCUT2D eigenvalue weighted by atomic mass is 9.98. The van der Waals surface area contributed by atoms with E-state index in [1.54, 1.807) is 23.0 Å². The van der Waals surface area contributed by atoms with E-state index >= 15 is 0 Å². The molecule has 0 saturated carbocycles. The summed E-state index contributed by atoms with van der Waals surface area (Å²) in [5, 5.41) is 4.34. The summed E-state index contributed by atoms with van der Waals surface area (Å²) in [5.74, 6) is 0.972. The normalized spacial score (nSPS) is 18.5. The van der Waals surface area contributed by atoms with Gasteiger partial charge in [-0.1, -0.05) is 42.3 Å². The van der Waals surface area contributed by atoms with Gasteiger partial charge in [-0.05, 0) is 23.8 Å². The highest BCUT2D eigenvalue weighted by Gasteiger charge is 2.24. The third-order valence-corrected chi connectivity index (χ3v) is 6.13. The summed E-state index contributed by atoms with van der Waals surface area (Å²) in [7, 11) is 1.87. The minimum absolute atomic E-state index is 0.231. The van der Waals surface area contributed by atoms with Gasteiger partial charge in [0.05, 0.1) is 13.2 Å². The molecule has 148 valence electrons. The van der Waals surface area contributed by atoms with Crippen LogP contribution in [0.2, 0.25) is 0 Å². The zero-order valence-corrected chi connectivity index (χ0v) is 17.2. The maximum atomic E-state index is 12.6. The Kier molecular flexibility index (Phi) is 5.79. The van der Waals surface area contributed by atoms with Crippen LogP contribution in [0.5, 0.6) is 0 Å². The molecule has 7 nitrogen and oxygen atoms in total. The molecule has 0 radical (unpaired) electrons. The monoisotopic (exact) mass is 398 g/mol. The zero-order chi connectivity index (χ0) is 19.5. The molecule has 8 heteroatoms. The molecule has 1 aromatic carbocycles. The molecule has 2 aromatic rings. The molecular weight excluding hydrogens is 372 g/mol. The van der Waals surface area contributed by atoms with Crippen LogP contribution in [0.1, 0.15) is 12.0 Å². The fourth-order valence-corrected chi connectivity index (χ4v) is 4.19. The summed E-state index contributed by atoms with van der Waals surface area (Å²) >= 11 is 1.75. The summed E-state index contributed by atoms with van der Waals surface area (Å²) < 4.78 is 3.99. The molecular formula is C20H26N6OS. The molecule has 3 heterocycles. The first kappa shape index (κ1) is 19.2. The fourth-order valence-electron chi connectivity index (χ4n) is 3.65. The van der Waals surface area contributed by atoms with Crippen molar-refractivity contribution in [3.63, 3.8) is 0 Å². The minimum Gasteiger partial charge on any atom is -0.338 e. The SMILES string of the molecule is CSN1CCN(CC(=O)N2CC=C(c3ccc(-c4ncn(C)n4)cc3)CC2)C1. The zero-order valence-electron chi connectivity index (χ0n) is 16.4. The molecule has 1 fully saturated rings. The van der Waals surface area contributed by atoms with E-state index in [9.17, 15) is 4.79 Å². The summed E-state index contributed by atoms with van der Waals surface area (Å²) in [6.07, 6.45) is 6.87. The largest absolute Gasteiger partial charge is 0.338 e. The van der Waals surface area contributed by atoms with Crippen molar-refractivity contribution in [2.75, 3.05) is 45.6 Å². The van der Waals surface area contributed by atoms with E-state index in [1.807, 2.05) is 11.9 Å². The Morgan fingerprint density at radius 1 is 1.14 bits per heavy atom. The summed E-state index contributed by atoms with van der Waals surface area (Å²) in [6.45, 7) is 4.87. The van der Waals surface area contributed by atoms with Crippen LogP contribution in [0.25, 0.3) is 17.0 Å². The first-order valence-corrected chi connectivity index (χ1v) is 10.8. The van der Waals surface area contributed by atoms with E-state index in [4.69, 9.17) is 0 Å². The topological polar surface area (TPSA) is 57.5 Å². The fraction of sp³-hybridized carbons (Fsp3) is 0.450. The van der Waals surface area contributed by atoms with E-state index < -0.39 is 0 Å². The lowest BCUT2D eigenvalue weighted by molar-refractivity contribution is -0.131. The lowest BCUT2D eigenvalue weighted by Crippen LogP contribution is -2.41. The van der Waals surface area contributed by atoms with Crippen LogP contribution in [0.4, 0.5) is 0 Å². The van der Waals surface area contributed by atoms with Crippen LogP contribution in [-0.4, -0.2) is 80.4 Å². The summed E-state index contributed by atoms with van der Waals surface area (Å²) in [6, 6.07) is 8.37. The first-order valence-electron chi connectivity index (χ1n) is 9.57. The molecule has 2 aliphatic rings. The highest BCUT2D eigenvalue weighted by atomic mass is 32.2. The van der Waals surface area contributed by atoms with Gasteiger partial charge in [0.2, 0.25) is 5.91 Å². The highest BCUT2D eigenvalue weighted by Crippen LogP contribution is 2.25. The Morgan fingerprint density at radius 3 is 2.54 bits per heavy atom. The predicted molar refractivity (Wildman–Crippen MR) is 112 cm³/mol. The average Bonchev–Trinajstić information content (AvgIpc) is 3.37. The molecule has 0 bridgehead atoms. The van der Waals surface area contributed by atoms with Crippen molar-refractivity contribution in [1.82, 2.24) is 28.9 Å². The molecule has 0 atom stereocenters. The van der Waals surface area contributed by atoms with E-state index in [2.05, 4.69) is 55.9 Å². The second-order valence-corrected chi connectivity index (χ2v) is 8.10. The van der Waals surface area contributed by atoms with Crippen LogP contribution in [0.15, 0.2) is 36.7 Å². The van der Waals surface area contributed by atoms with Gasteiger partial charge in [-0.25, -0.2) is 9.29 Å². The van der Waals surface area contributed by atoms with Crippen molar-refractivity contribution in [2.24, 2.45) is 7.05 Å². The van der Waals surface area contributed by atoms with Crippen molar-refractivity contribution in [1.29, 1.82) is 0 Å². The van der Waals surface area contributed by atoms with Gasteiger partial charge in [0.15, 0.2) is 5.82 Å². The van der Waals surface area contributed by atoms with Gasteiger partial charge < -0.3 is 4.90 Å². The standard InChI is InChI=1S/C20H26N6OS/c1-23-14-21-20(22-23)18-5-3-16(4-6-18)17-7-9-25(10-8-17)19(27)13-24-11-12-26(15-24)28-2/h3-7,14H,8-13,15H2,1-2H3. The van der Waals surface area contributed by atoms with E-state index in [-0.39, 0.29) is 5.91 Å². The molecule has 1 amide bonds. The quantitative estimate of drug-likeness (QED) is 0.718. The second kappa shape index (κ2) is 8.46. The minimum atomic E-state index is 0.231. The maximum absolute atomic E-state index is 12.6. The van der Waals surface area contributed by atoms with Crippen LogP contribution < -0.4 is 0 Å². The summed E-state index contributed by atoms with van der Waals surface area (Å²) in [5.41, 5.74) is 3.53. The van der Waals surface area contributed by atoms with Gasteiger partial charge in [0.1, 0.15) is 6.33 Å². The average molecular weight is 399 g/mol. The number of carbonyl (C=O) groups is 1. The number of hydrogen-bond acceptors (Lipinski definition) is 6. The number of aryl methyl sites for hydroxylation is 1. The Labute approximate surface area is 170 Å². The van der Waals surface area contributed by atoms with Crippen molar-refractivity contribution < 1.29 is 4.79 Å². The third-order valence-electron chi connectivity index (χ3n) is 5.32. The molecule has 1 aromatic heterocycles. The molecule has 4 rings (SSSR count).